The monoisotopic (exact) mass is 471 g/mol. The van der Waals surface area contributed by atoms with Gasteiger partial charge in [-0.25, -0.2) is 4.98 Å². The second-order valence-electron chi connectivity index (χ2n) is 9.31. The lowest BCUT2D eigenvalue weighted by molar-refractivity contribution is -0.122. The molecule has 2 heterocycles. The molecule has 8 nitrogen and oxygen atoms in total. The molecule has 0 saturated heterocycles. The lowest BCUT2D eigenvalue weighted by atomic mass is 9.86. The van der Waals surface area contributed by atoms with Crippen LogP contribution >= 0.6 is 0 Å². The molecule has 2 N–H and O–H groups in total. The maximum absolute atomic E-state index is 12.5. The maximum Gasteiger partial charge on any atom is 0.258 e. The molecule has 0 radical (unpaired) electrons. The molecule has 1 fully saturated rings. The quantitative estimate of drug-likeness (QED) is 0.412. The number of nitrogens with one attached hydrogen (secondary N) is 2. The average Bonchev–Trinajstić information content (AvgIpc) is 3.35. The van der Waals surface area contributed by atoms with E-state index in [1.165, 1.54) is 5.56 Å². The largest absolute Gasteiger partial charge is 0.420 e. The summed E-state index contributed by atoms with van der Waals surface area (Å²) in [6.07, 6.45) is 5.18. The van der Waals surface area contributed by atoms with Crippen LogP contribution in [0.15, 0.2) is 57.7 Å². The summed E-state index contributed by atoms with van der Waals surface area (Å²) >= 11 is 0. The summed E-state index contributed by atoms with van der Waals surface area (Å²) in [4.78, 5) is 32.0. The predicted molar refractivity (Wildman–Crippen MR) is 133 cm³/mol. The fourth-order valence-corrected chi connectivity index (χ4v) is 4.67. The molecule has 0 unspecified atom stereocenters. The summed E-state index contributed by atoms with van der Waals surface area (Å²) in [7, 11) is 0. The van der Waals surface area contributed by atoms with Crippen molar-refractivity contribution in [2.75, 3.05) is 0 Å². The number of nitrogens with zero attached hydrogens (tertiary/aromatic N) is 3. The van der Waals surface area contributed by atoms with Gasteiger partial charge in [0.25, 0.3) is 5.56 Å². The minimum Gasteiger partial charge on any atom is -0.420 e. The molecule has 2 aromatic heterocycles. The van der Waals surface area contributed by atoms with E-state index < -0.39 is 0 Å². The van der Waals surface area contributed by atoms with Crippen LogP contribution in [0.3, 0.4) is 0 Å². The van der Waals surface area contributed by atoms with Crippen molar-refractivity contribution in [1.29, 1.82) is 0 Å². The van der Waals surface area contributed by atoms with Gasteiger partial charge in [-0.15, -0.1) is 10.2 Å². The third-order valence-corrected chi connectivity index (χ3v) is 6.66. The van der Waals surface area contributed by atoms with Gasteiger partial charge in [0.15, 0.2) is 0 Å². The fourth-order valence-electron chi connectivity index (χ4n) is 4.67. The van der Waals surface area contributed by atoms with Crippen molar-refractivity contribution < 1.29 is 9.21 Å². The van der Waals surface area contributed by atoms with Gasteiger partial charge in [-0.2, -0.15) is 0 Å². The lowest BCUT2D eigenvalue weighted by Crippen LogP contribution is -2.37. The summed E-state index contributed by atoms with van der Waals surface area (Å²) in [5.74, 6) is 2.12. The number of rotatable bonds is 7. The second kappa shape index (κ2) is 10.2. The highest BCUT2D eigenvalue weighted by molar-refractivity contribution is 5.77. The number of hydrogen-bond acceptors (Lipinski definition) is 6. The van der Waals surface area contributed by atoms with Crippen LogP contribution in [0.5, 0.6) is 0 Å². The molecule has 4 aromatic rings. The van der Waals surface area contributed by atoms with Gasteiger partial charge in [0.1, 0.15) is 5.82 Å². The van der Waals surface area contributed by atoms with Gasteiger partial charge in [0, 0.05) is 30.4 Å². The number of hydrogen-bond donors (Lipinski definition) is 2. The summed E-state index contributed by atoms with van der Waals surface area (Å²) < 4.78 is 5.95. The molecule has 1 saturated carbocycles. The smallest absolute Gasteiger partial charge is 0.258 e. The van der Waals surface area contributed by atoms with Gasteiger partial charge >= 0.3 is 0 Å². The molecular formula is C27H29N5O3. The van der Waals surface area contributed by atoms with E-state index >= 15 is 0 Å². The first kappa shape index (κ1) is 23.0. The van der Waals surface area contributed by atoms with Crippen LogP contribution in [0.1, 0.15) is 61.7 Å². The Kier molecular flexibility index (Phi) is 6.70. The normalized spacial score (nSPS) is 18.0. The molecule has 0 aliphatic heterocycles. The third-order valence-electron chi connectivity index (χ3n) is 6.66. The van der Waals surface area contributed by atoms with Crippen molar-refractivity contribution in [1.82, 2.24) is 25.5 Å². The van der Waals surface area contributed by atoms with Gasteiger partial charge in [-0.3, -0.25) is 9.59 Å². The van der Waals surface area contributed by atoms with E-state index in [2.05, 4.69) is 25.5 Å². The van der Waals surface area contributed by atoms with E-state index in [4.69, 9.17) is 4.42 Å². The highest BCUT2D eigenvalue weighted by Crippen LogP contribution is 2.33. The number of carbonyl (C=O) groups excluding carboxylic acids is 1. The van der Waals surface area contributed by atoms with E-state index in [0.717, 1.165) is 31.2 Å². The van der Waals surface area contributed by atoms with Crippen molar-refractivity contribution in [3.63, 3.8) is 0 Å². The van der Waals surface area contributed by atoms with E-state index in [0.29, 0.717) is 47.8 Å². The zero-order valence-corrected chi connectivity index (χ0v) is 19.8. The van der Waals surface area contributed by atoms with Crippen LogP contribution in [0, 0.1) is 6.92 Å². The van der Waals surface area contributed by atoms with Crippen molar-refractivity contribution in [2.45, 2.75) is 63.8 Å². The molecule has 5 rings (SSSR count). The maximum atomic E-state index is 12.5. The number of para-hydroxylation sites is 1. The Morgan fingerprint density at radius 2 is 1.83 bits per heavy atom. The Labute approximate surface area is 203 Å². The van der Waals surface area contributed by atoms with E-state index in [9.17, 15) is 9.59 Å². The van der Waals surface area contributed by atoms with Crippen LogP contribution in [0.4, 0.5) is 0 Å². The van der Waals surface area contributed by atoms with E-state index in [1.54, 1.807) is 6.07 Å². The minimum absolute atomic E-state index is 0.0380. The molecule has 180 valence electrons. The molecule has 2 aromatic carbocycles. The Morgan fingerprint density at radius 1 is 1.06 bits per heavy atom. The zero-order valence-electron chi connectivity index (χ0n) is 19.8. The van der Waals surface area contributed by atoms with Crippen LogP contribution in [0.25, 0.3) is 22.4 Å². The molecular weight excluding hydrogens is 442 g/mol. The Hall–Kier alpha value is -3.81. The van der Waals surface area contributed by atoms with Gasteiger partial charge in [-0.1, -0.05) is 29.8 Å². The number of fused-ring (bicyclic) bond motifs is 1. The minimum atomic E-state index is -0.140. The Bertz CT molecular complexity index is 1370. The first-order valence-corrected chi connectivity index (χ1v) is 12.2. The van der Waals surface area contributed by atoms with Gasteiger partial charge in [-0.05, 0) is 63.3 Å². The second-order valence-corrected chi connectivity index (χ2v) is 9.31. The van der Waals surface area contributed by atoms with Crippen molar-refractivity contribution in [3.8, 4) is 11.5 Å². The number of aryl methyl sites for hydroxylation is 2. The number of amides is 1. The highest BCUT2D eigenvalue weighted by atomic mass is 16.4. The zero-order chi connectivity index (χ0) is 24.2. The predicted octanol–water partition coefficient (Wildman–Crippen LogP) is 4.45. The van der Waals surface area contributed by atoms with Crippen LogP contribution in [-0.2, 0) is 11.2 Å². The summed E-state index contributed by atoms with van der Waals surface area (Å²) in [5.41, 5.74) is 2.66. The van der Waals surface area contributed by atoms with Gasteiger partial charge < -0.3 is 14.7 Å². The summed E-state index contributed by atoms with van der Waals surface area (Å²) in [6.45, 7) is 2.05. The molecule has 1 amide bonds. The topological polar surface area (TPSA) is 114 Å². The molecule has 0 bridgehead atoms. The van der Waals surface area contributed by atoms with Crippen LogP contribution < -0.4 is 10.9 Å². The Morgan fingerprint density at radius 3 is 2.63 bits per heavy atom. The van der Waals surface area contributed by atoms with Crippen molar-refractivity contribution in [3.05, 3.63) is 76.2 Å². The highest BCUT2D eigenvalue weighted by Gasteiger charge is 2.27. The molecule has 35 heavy (non-hydrogen) atoms. The summed E-state index contributed by atoms with van der Waals surface area (Å²) in [5, 5.41) is 12.2. The first-order valence-electron chi connectivity index (χ1n) is 12.2. The van der Waals surface area contributed by atoms with E-state index in [1.807, 2.05) is 49.4 Å². The molecule has 0 atom stereocenters. The number of carbonyl (C=O) groups is 1. The third kappa shape index (κ3) is 5.48. The van der Waals surface area contributed by atoms with Crippen LogP contribution in [0.2, 0.25) is 0 Å². The SMILES string of the molecule is Cc1ccc(-c2nnc(C3CCC(NC(=O)CCCc4nc5ccccc5c(=O)[nH]4)CC3)o2)cc1. The van der Waals surface area contributed by atoms with Crippen molar-refractivity contribution in [2.24, 2.45) is 0 Å². The average molecular weight is 472 g/mol. The van der Waals surface area contributed by atoms with Gasteiger partial charge in [0.05, 0.1) is 10.9 Å². The van der Waals surface area contributed by atoms with E-state index in [-0.39, 0.29) is 23.4 Å². The molecule has 8 heteroatoms. The lowest BCUT2D eigenvalue weighted by Gasteiger charge is -2.27. The molecule has 1 aliphatic rings. The van der Waals surface area contributed by atoms with Gasteiger partial charge in [0.2, 0.25) is 17.7 Å². The number of H-pyrrole nitrogens is 1. The molecule has 0 spiro atoms. The number of aromatic amines is 1. The fraction of sp³-hybridized carbons (Fsp3) is 0.370. The Balaban J connectivity index is 1.07. The standard InChI is InChI=1S/C27H29N5O3/c1-17-9-11-18(12-10-17)26-31-32-27(35-26)19-13-15-20(16-14-19)28-24(33)8-4-7-23-29-22-6-3-2-5-21(22)25(34)30-23/h2-3,5-6,9-12,19-20H,4,7-8,13-16H2,1H3,(H,28,33)(H,29,30,34). The first-order chi connectivity index (χ1) is 17.0. The van der Waals surface area contributed by atoms with Crippen molar-refractivity contribution >= 4 is 16.8 Å². The molecule has 1 aliphatic carbocycles. The number of aromatic nitrogens is 4. The number of benzene rings is 2. The van der Waals surface area contributed by atoms with Crippen LogP contribution in [-0.4, -0.2) is 32.1 Å². The summed E-state index contributed by atoms with van der Waals surface area (Å²) in [6, 6.07) is 15.5.